The molecule has 11 rings (SSSR count). The minimum Gasteiger partial charge on any atom is -0.310 e. The summed E-state index contributed by atoms with van der Waals surface area (Å²) in [4.78, 5) is 2.39. The molecular formula is C60H42N2. The summed E-state index contributed by atoms with van der Waals surface area (Å²) in [6.45, 7) is 0. The van der Waals surface area contributed by atoms with Crippen molar-refractivity contribution in [2.24, 2.45) is 0 Å². The summed E-state index contributed by atoms with van der Waals surface area (Å²) in [5.41, 5.74) is 18.8. The molecule has 0 bridgehead atoms. The van der Waals surface area contributed by atoms with Gasteiger partial charge in [0.1, 0.15) is 0 Å². The zero-order chi connectivity index (χ0) is 41.2. The van der Waals surface area contributed by atoms with E-state index in [0.29, 0.717) is 0 Å². The van der Waals surface area contributed by atoms with Crippen LogP contribution in [-0.4, -0.2) is 4.57 Å². The monoisotopic (exact) mass is 790 g/mol. The van der Waals surface area contributed by atoms with E-state index in [4.69, 9.17) is 0 Å². The van der Waals surface area contributed by atoms with Gasteiger partial charge in [0.2, 0.25) is 0 Å². The third kappa shape index (κ3) is 6.74. The Balaban J connectivity index is 1.01. The number of rotatable bonds is 9. The number of fused-ring (bicyclic) bond motifs is 3. The standard InChI is InChI=1S/C60H42N2/c1-4-17-43(18-5-1)44-31-33-45(34-32-44)46-35-39-50(40-36-46)61(56-27-13-10-23-52(56)47-19-6-2-7-20-47)51-41-37-49(38-42-51)53-24-11-14-28-57(53)62-58-29-15-12-25-55(58)60-54(26-16-30-59(60)62)48-21-8-3-9-22-48/h1-42H. The van der Waals surface area contributed by atoms with E-state index in [0.717, 1.165) is 28.3 Å². The molecule has 0 radical (unpaired) electrons. The zero-order valence-corrected chi connectivity index (χ0v) is 34.1. The number of nitrogens with zero attached hydrogens (tertiary/aromatic N) is 2. The second-order valence-corrected chi connectivity index (χ2v) is 15.7. The molecule has 11 aromatic rings. The van der Waals surface area contributed by atoms with Crippen LogP contribution in [0.1, 0.15) is 0 Å². The molecule has 2 heteroatoms. The van der Waals surface area contributed by atoms with Gasteiger partial charge in [-0.15, -0.1) is 0 Å². The Morgan fingerprint density at radius 1 is 0.258 bits per heavy atom. The molecule has 0 unspecified atom stereocenters. The smallest absolute Gasteiger partial charge is 0.0547 e. The van der Waals surface area contributed by atoms with Gasteiger partial charge in [-0.1, -0.05) is 206 Å². The Hall–Kier alpha value is -8.20. The Kier molecular flexibility index (Phi) is 9.57. The lowest BCUT2D eigenvalue weighted by molar-refractivity contribution is 1.18. The number of anilines is 3. The lowest BCUT2D eigenvalue weighted by Gasteiger charge is -2.28. The average Bonchev–Trinajstić information content (AvgIpc) is 3.70. The molecular weight excluding hydrogens is 749 g/mol. The SMILES string of the molecule is c1ccc(-c2ccc(-c3ccc(N(c4ccc(-c5ccccc5-n5c6ccccc6c6c(-c7ccccc7)cccc65)cc4)c4ccccc4-c4ccccc4)cc3)cc2)cc1. The first-order valence-corrected chi connectivity index (χ1v) is 21.3. The van der Waals surface area contributed by atoms with Crippen molar-refractivity contribution in [3.63, 3.8) is 0 Å². The molecule has 0 aliphatic rings. The quantitative estimate of drug-likeness (QED) is 0.141. The molecule has 2 nitrogen and oxygen atoms in total. The Labute approximate surface area is 362 Å². The van der Waals surface area contributed by atoms with Crippen molar-refractivity contribution < 1.29 is 0 Å². The molecule has 0 N–H and O–H groups in total. The van der Waals surface area contributed by atoms with E-state index in [1.807, 2.05) is 0 Å². The van der Waals surface area contributed by atoms with Gasteiger partial charge in [-0.25, -0.2) is 0 Å². The highest BCUT2D eigenvalue weighted by atomic mass is 15.1. The third-order valence-electron chi connectivity index (χ3n) is 12.0. The number of hydrogen-bond donors (Lipinski definition) is 0. The van der Waals surface area contributed by atoms with Gasteiger partial charge in [-0.2, -0.15) is 0 Å². The molecule has 292 valence electrons. The maximum atomic E-state index is 2.44. The largest absolute Gasteiger partial charge is 0.310 e. The summed E-state index contributed by atoms with van der Waals surface area (Å²) < 4.78 is 2.44. The first-order chi connectivity index (χ1) is 30.8. The Morgan fingerprint density at radius 2 is 0.661 bits per heavy atom. The molecule has 10 aromatic carbocycles. The van der Waals surface area contributed by atoms with Crippen LogP contribution in [0.15, 0.2) is 255 Å². The molecule has 0 saturated heterocycles. The van der Waals surface area contributed by atoms with Gasteiger partial charge < -0.3 is 9.47 Å². The minimum atomic E-state index is 1.08. The predicted octanol–water partition coefficient (Wildman–Crippen LogP) is 16.6. The van der Waals surface area contributed by atoms with Crippen molar-refractivity contribution in [2.45, 2.75) is 0 Å². The van der Waals surface area contributed by atoms with E-state index in [2.05, 4.69) is 264 Å². The van der Waals surface area contributed by atoms with Crippen LogP contribution >= 0.6 is 0 Å². The highest BCUT2D eigenvalue weighted by molar-refractivity contribution is 6.16. The third-order valence-corrected chi connectivity index (χ3v) is 12.0. The van der Waals surface area contributed by atoms with Crippen molar-refractivity contribution in [1.82, 2.24) is 4.57 Å². The van der Waals surface area contributed by atoms with Gasteiger partial charge in [0.25, 0.3) is 0 Å². The molecule has 62 heavy (non-hydrogen) atoms. The van der Waals surface area contributed by atoms with Crippen LogP contribution in [0.25, 0.3) is 83.1 Å². The van der Waals surface area contributed by atoms with Crippen molar-refractivity contribution in [2.75, 3.05) is 4.90 Å². The van der Waals surface area contributed by atoms with Crippen LogP contribution in [0.4, 0.5) is 17.1 Å². The van der Waals surface area contributed by atoms with E-state index < -0.39 is 0 Å². The fourth-order valence-electron chi connectivity index (χ4n) is 9.09. The van der Waals surface area contributed by atoms with Gasteiger partial charge >= 0.3 is 0 Å². The molecule has 0 amide bonds. The lowest BCUT2D eigenvalue weighted by Crippen LogP contribution is -2.11. The predicted molar refractivity (Wildman–Crippen MR) is 263 cm³/mol. The maximum absolute atomic E-state index is 2.44. The average molecular weight is 791 g/mol. The number of benzene rings is 10. The molecule has 1 aromatic heterocycles. The normalized spacial score (nSPS) is 11.2. The number of aromatic nitrogens is 1. The van der Waals surface area contributed by atoms with Crippen molar-refractivity contribution >= 4 is 38.9 Å². The highest BCUT2D eigenvalue weighted by Gasteiger charge is 2.20. The van der Waals surface area contributed by atoms with Crippen LogP contribution < -0.4 is 4.90 Å². The topological polar surface area (TPSA) is 8.17 Å². The second-order valence-electron chi connectivity index (χ2n) is 15.7. The molecule has 0 spiro atoms. The molecule has 0 aliphatic heterocycles. The van der Waals surface area contributed by atoms with Crippen LogP contribution in [0.3, 0.4) is 0 Å². The number of para-hydroxylation sites is 3. The highest BCUT2D eigenvalue weighted by Crippen LogP contribution is 2.44. The molecule has 1 heterocycles. The molecule has 0 aliphatic carbocycles. The van der Waals surface area contributed by atoms with Gasteiger partial charge in [0.15, 0.2) is 0 Å². The van der Waals surface area contributed by atoms with E-state index in [1.54, 1.807) is 0 Å². The van der Waals surface area contributed by atoms with Crippen LogP contribution in [-0.2, 0) is 0 Å². The van der Waals surface area contributed by atoms with E-state index >= 15 is 0 Å². The first kappa shape index (κ1) is 36.8. The van der Waals surface area contributed by atoms with Crippen molar-refractivity contribution in [3.8, 4) is 61.3 Å². The maximum Gasteiger partial charge on any atom is 0.0547 e. The molecule has 0 fully saturated rings. The summed E-state index contributed by atoms with van der Waals surface area (Å²) in [7, 11) is 0. The van der Waals surface area contributed by atoms with Crippen molar-refractivity contribution in [3.05, 3.63) is 255 Å². The van der Waals surface area contributed by atoms with E-state index in [1.165, 1.54) is 71.9 Å². The summed E-state index contributed by atoms with van der Waals surface area (Å²) >= 11 is 0. The summed E-state index contributed by atoms with van der Waals surface area (Å²) in [6, 6.07) is 91.9. The van der Waals surface area contributed by atoms with Crippen LogP contribution in [0, 0.1) is 0 Å². The van der Waals surface area contributed by atoms with Gasteiger partial charge in [0.05, 0.1) is 22.4 Å². The minimum absolute atomic E-state index is 1.08. The van der Waals surface area contributed by atoms with E-state index in [9.17, 15) is 0 Å². The van der Waals surface area contributed by atoms with Gasteiger partial charge in [-0.3, -0.25) is 0 Å². The van der Waals surface area contributed by atoms with Crippen LogP contribution in [0.2, 0.25) is 0 Å². The molecule has 0 atom stereocenters. The fourth-order valence-corrected chi connectivity index (χ4v) is 9.09. The Bertz CT molecular complexity index is 3290. The van der Waals surface area contributed by atoms with Crippen molar-refractivity contribution in [1.29, 1.82) is 0 Å². The number of hydrogen-bond acceptors (Lipinski definition) is 1. The summed E-state index contributed by atoms with van der Waals surface area (Å²) in [6.07, 6.45) is 0. The van der Waals surface area contributed by atoms with E-state index in [-0.39, 0.29) is 0 Å². The first-order valence-electron chi connectivity index (χ1n) is 21.3. The zero-order valence-electron chi connectivity index (χ0n) is 34.1. The van der Waals surface area contributed by atoms with Gasteiger partial charge in [-0.05, 0) is 93.0 Å². The summed E-state index contributed by atoms with van der Waals surface area (Å²) in [5, 5.41) is 2.51. The van der Waals surface area contributed by atoms with Crippen LogP contribution in [0.5, 0.6) is 0 Å². The fraction of sp³-hybridized carbons (Fsp3) is 0. The second kappa shape index (κ2) is 16.1. The van der Waals surface area contributed by atoms with Gasteiger partial charge in [0, 0.05) is 33.3 Å². The summed E-state index contributed by atoms with van der Waals surface area (Å²) in [5.74, 6) is 0. The lowest BCUT2D eigenvalue weighted by atomic mass is 9.99. The Morgan fingerprint density at radius 3 is 1.29 bits per heavy atom. The molecule has 0 saturated carbocycles.